The van der Waals surface area contributed by atoms with Crippen LogP contribution in [0.4, 0.5) is 0 Å². The van der Waals surface area contributed by atoms with Crippen molar-refractivity contribution in [2.75, 3.05) is 13.1 Å². The van der Waals surface area contributed by atoms with E-state index in [4.69, 9.17) is 0 Å². The van der Waals surface area contributed by atoms with E-state index in [0.29, 0.717) is 13.1 Å². The Balaban J connectivity index is 1.84. The summed E-state index contributed by atoms with van der Waals surface area (Å²) in [6, 6.07) is 9.85. The highest BCUT2D eigenvalue weighted by molar-refractivity contribution is 5.80. The van der Waals surface area contributed by atoms with Crippen LogP contribution in [0, 0.1) is 5.92 Å². The summed E-state index contributed by atoms with van der Waals surface area (Å²) in [5.74, 6) is 0.0386. The maximum atomic E-state index is 12.1. The molecule has 0 radical (unpaired) electrons. The number of likely N-dealkylation sites (tertiary alicyclic amines) is 1. The van der Waals surface area contributed by atoms with Gasteiger partial charge in [0.25, 0.3) is 0 Å². The number of hydrogen-bond donors (Lipinski definition) is 1. The summed E-state index contributed by atoms with van der Waals surface area (Å²) in [7, 11) is 0. The molecule has 0 unspecified atom stereocenters. The number of nitrogens with zero attached hydrogens (tertiary/aromatic N) is 1. The van der Waals surface area contributed by atoms with E-state index < -0.39 is 0 Å². The second kappa shape index (κ2) is 6.36. The topological polar surface area (TPSA) is 49.4 Å². The summed E-state index contributed by atoms with van der Waals surface area (Å²) in [4.78, 5) is 25.2. The molecule has 1 aliphatic heterocycles. The van der Waals surface area contributed by atoms with E-state index in [9.17, 15) is 9.59 Å². The fraction of sp³-hybridized carbons (Fsp3) is 0.467. The van der Waals surface area contributed by atoms with Gasteiger partial charge in [0.1, 0.15) is 0 Å². The standard InChI is InChI=1S/C15H20N2O2/c1-12(18)17-9-5-8-14(11-17)15(19)16-10-13-6-3-2-4-7-13/h2-4,6-7,14H,5,8-11H2,1H3,(H,16,19)/t14-/m0/s1. The Kier molecular flexibility index (Phi) is 4.55. The highest BCUT2D eigenvalue weighted by Gasteiger charge is 2.26. The van der Waals surface area contributed by atoms with Crippen molar-refractivity contribution in [3.05, 3.63) is 35.9 Å². The summed E-state index contributed by atoms with van der Waals surface area (Å²) in [6.45, 7) is 3.44. The SMILES string of the molecule is CC(=O)N1CCC[C@H](C(=O)NCc2ccccc2)C1. The summed E-state index contributed by atoms with van der Waals surface area (Å²) < 4.78 is 0. The second-order valence-electron chi connectivity index (χ2n) is 5.01. The predicted octanol–water partition coefficient (Wildman–Crippen LogP) is 1.56. The summed E-state index contributed by atoms with van der Waals surface area (Å²) in [6.07, 6.45) is 1.77. The Morgan fingerprint density at radius 3 is 2.74 bits per heavy atom. The molecule has 0 aromatic heterocycles. The maximum absolute atomic E-state index is 12.1. The number of carbonyl (C=O) groups excluding carboxylic acids is 2. The molecule has 1 heterocycles. The molecule has 0 saturated carbocycles. The molecule has 4 heteroatoms. The average Bonchev–Trinajstić information content (AvgIpc) is 2.46. The zero-order valence-electron chi connectivity index (χ0n) is 11.3. The minimum Gasteiger partial charge on any atom is -0.352 e. The number of carbonyl (C=O) groups is 2. The van der Waals surface area contributed by atoms with Gasteiger partial charge in [-0.25, -0.2) is 0 Å². The molecule has 1 atom stereocenters. The highest BCUT2D eigenvalue weighted by atomic mass is 16.2. The number of hydrogen-bond acceptors (Lipinski definition) is 2. The van der Waals surface area contributed by atoms with Crippen LogP contribution in [0.15, 0.2) is 30.3 Å². The smallest absolute Gasteiger partial charge is 0.225 e. The van der Waals surface area contributed by atoms with E-state index in [1.807, 2.05) is 30.3 Å². The first kappa shape index (κ1) is 13.6. The van der Waals surface area contributed by atoms with E-state index in [1.54, 1.807) is 11.8 Å². The lowest BCUT2D eigenvalue weighted by molar-refractivity contribution is -0.134. The Labute approximate surface area is 113 Å². The van der Waals surface area contributed by atoms with Crippen LogP contribution < -0.4 is 5.32 Å². The summed E-state index contributed by atoms with van der Waals surface area (Å²) in [5.41, 5.74) is 1.09. The first-order chi connectivity index (χ1) is 9.16. The van der Waals surface area contributed by atoms with Crippen molar-refractivity contribution >= 4 is 11.8 Å². The molecule has 4 nitrogen and oxygen atoms in total. The molecule has 0 aliphatic carbocycles. The monoisotopic (exact) mass is 260 g/mol. The molecule has 1 N–H and O–H groups in total. The molecular weight excluding hydrogens is 240 g/mol. The Bertz CT molecular complexity index is 445. The van der Waals surface area contributed by atoms with Crippen molar-refractivity contribution in [1.29, 1.82) is 0 Å². The normalized spacial score (nSPS) is 19.0. The van der Waals surface area contributed by atoms with Crippen molar-refractivity contribution in [2.45, 2.75) is 26.3 Å². The van der Waals surface area contributed by atoms with Crippen LogP contribution in [0.3, 0.4) is 0 Å². The number of benzene rings is 1. The number of piperidine rings is 1. The lowest BCUT2D eigenvalue weighted by Crippen LogP contribution is -2.44. The van der Waals surface area contributed by atoms with Gasteiger partial charge < -0.3 is 10.2 Å². The van der Waals surface area contributed by atoms with Crippen LogP contribution in [0.1, 0.15) is 25.3 Å². The lowest BCUT2D eigenvalue weighted by Gasteiger charge is -2.31. The van der Waals surface area contributed by atoms with E-state index in [1.165, 1.54) is 0 Å². The third-order valence-corrected chi connectivity index (χ3v) is 3.55. The van der Waals surface area contributed by atoms with Gasteiger partial charge in [-0.15, -0.1) is 0 Å². The van der Waals surface area contributed by atoms with Gasteiger partial charge in [-0.1, -0.05) is 30.3 Å². The average molecular weight is 260 g/mol. The van der Waals surface area contributed by atoms with Crippen LogP contribution >= 0.6 is 0 Å². The molecule has 0 bridgehead atoms. The molecule has 0 spiro atoms. The van der Waals surface area contributed by atoms with Crippen LogP contribution in [0.2, 0.25) is 0 Å². The number of nitrogens with one attached hydrogen (secondary N) is 1. The largest absolute Gasteiger partial charge is 0.352 e. The molecule has 2 rings (SSSR count). The zero-order valence-corrected chi connectivity index (χ0v) is 11.3. The van der Waals surface area contributed by atoms with Gasteiger partial charge in [-0.3, -0.25) is 9.59 Å². The third kappa shape index (κ3) is 3.81. The van der Waals surface area contributed by atoms with Gasteiger partial charge >= 0.3 is 0 Å². The fourth-order valence-corrected chi connectivity index (χ4v) is 2.41. The molecule has 1 aromatic rings. The Hall–Kier alpha value is -1.84. The van der Waals surface area contributed by atoms with Gasteiger partial charge in [-0.05, 0) is 18.4 Å². The van der Waals surface area contributed by atoms with Gasteiger partial charge in [0.05, 0.1) is 5.92 Å². The van der Waals surface area contributed by atoms with Crippen molar-refractivity contribution in [1.82, 2.24) is 10.2 Å². The number of rotatable bonds is 3. The van der Waals surface area contributed by atoms with Gasteiger partial charge in [-0.2, -0.15) is 0 Å². The second-order valence-corrected chi connectivity index (χ2v) is 5.01. The molecule has 102 valence electrons. The molecule has 1 saturated heterocycles. The molecule has 1 aliphatic rings. The fourth-order valence-electron chi connectivity index (χ4n) is 2.41. The highest BCUT2D eigenvalue weighted by Crippen LogP contribution is 2.16. The van der Waals surface area contributed by atoms with E-state index in [0.717, 1.165) is 24.9 Å². The minimum absolute atomic E-state index is 0.0507. The first-order valence-electron chi connectivity index (χ1n) is 6.74. The maximum Gasteiger partial charge on any atom is 0.225 e. The predicted molar refractivity (Wildman–Crippen MR) is 73.3 cm³/mol. The van der Waals surface area contributed by atoms with Gasteiger partial charge in [0, 0.05) is 26.6 Å². The van der Waals surface area contributed by atoms with Gasteiger partial charge in [0.2, 0.25) is 11.8 Å². The molecule has 2 amide bonds. The van der Waals surface area contributed by atoms with Crippen molar-refractivity contribution < 1.29 is 9.59 Å². The molecular formula is C15H20N2O2. The summed E-state index contributed by atoms with van der Waals surface area (Å²) >= 11 is 0. The van der Waals surface area contributed by atoms with Crippen LogP contribution in [0.25, 0.3) is 0 Å². The number of amides is 2. The summed E-state index contributed by atoms with van der Waals surface area (Å²) in [5, 5.41) is 2.95. The molecule has 1 fully saturated rings. The third-order valence-electron chi connectivity index (χ3n) is 3.55. The Morgan fingerprint density at radius 1 is 1.32 bits per heavy atom. The quantitative estimate of drug-likeness (QED) is 0.896. The molecule has 1 aromatic carbocycles. The lowest BCUT2D eigenvalue weighted by atomic mass is 9.97. The van der Waals surface area contributed by atoms with Crippen molar-refractivity contribution in [2.24, 2.45) is 5.92 Å². The van der Waals surface area contributed by atoms with Crippen LogP contribution in [-0.4, -0.2) is 29.8 Å². The van der Waals surface area contributed by atoms with Crippen molar-refractivity contribution in [3.8, 4) is 0 Å². The van der Waals surface area contributed by atoms with Crippen LogP contribution in [0.5, 0.6) is 0 Å². The Morgan fingerprint density at radius 2 is 2.05 bits per heavy atom. The van der Waals surface area contributed by atoms with E-state index >= 15 is 0 Å². The first-order valence-corrected chi connectivity index (χ1v) is 6.74. The van der Waals surface area contributed by atoms with Crippen LogP contribution in [-0.2, 0) is 16.1 Å². The molecule has 19 heavy (non-hydrogen) atoms. The van der Waals surface area contributed by atoms with Gasteiger partial charge in [0.15, 0.2) is 0 Å². The van der Waals surface area contributed by atoms with Crippen molar-refractivity contribution in [3.63, 3.8) is 0 Å². The van der Waals surface area contributed by atoms with E-state index in [-0.39, 0.29) is 17.7 Å². The zero-order chi connectivity index (χ0) is 13.7. The minimum atomic E-state index is -0.0682. The van der Waals surface area contributed by atoms with E-state index in [2.05, 4.69) is 5.32 Å².